The van der Waals surface area contributed by atoms with Gasteiger partial charge in [0.05, 0.1) is 36.8 Å². The van der Waals surface area contributed by atoms with Crippen LogP contribution >= 0.6 is 23.6 Å². The number of pyridine rings is 1. The highest BCUT2D eigenvalue weighted by Gasteiger charge is 2.42. The van der Waals surface area contributed by atoms with Crippen molar-refractivity contribution in [3.63, 3.8) is 0 Å². The number of nitrogens with zero attached hydrogens (tertiary/aromatic N) is 2. The summed E-state index contributed by atoms with van der Waals surface area (Å²) in [4.78, 5) is 7.78. The highest BCUT2D eigenvalue weighted by molar-refractivity contribution is 7.92. The quantitative estimate of drug-likeness (QED) is 0.522. The second-order valence-corrected chi connectivity index (χ2v) is 10.3. The largest absolute Gasteiger partial charge is 0.494 e. The molecule has 0 saturated carbocycles. The minimum atomic E-state index is -3.44. The van der Waals surface area contributed by atoms with E-state index in [1.165, 1.54) is 17.6 Å². The molecule has 0 radical (unpaired) electrons. The number of rotatable bonds is 6. The molecule has 2 unspecified atom stereocenters. The maximum atomic E-state index is 11.7. The fourth-order valence-electron chi connectivity index (χ4n) is 3.70. The van der Waals surface area contributed by atoms with E-state index in [2.05, 4.69) is 33.4 Å². The molecule has 4 rings (SSSR count). The maximum Gasteiger partial charge on any atom is 0.229 e. The van der Waals surface area contributed by atoms with Crippen molar-refractivity contribution in [1.29, 1.82) is 0 Å². The maximum absolute atomic E-state index is 11.7. The normalized spacial score (nSPS) is 18.7. The van der Waals surface area contributed by atoms with Crippen molar-refractivity contribution >= 4 is 50.1 Å². The third-order valence-corrected chi connectivity index (χ3v) is 7.02. The molecule has 2 atom stereocenters. The molecule has 2 N–H and O–H groups in total. The molecule has 1 aliphatic rings. The van der Waals surface area contributed by atoms with Gasteiger partial charge in [-0.15, -0.1) is 11.3 Å². The average molecular weight is 475 g/mol. The number of nitrogens with one attached hydrogen (secondary N) is 2. The summed E-state index contributed by atoms with van der Waals surface area (Å²) in [5, 5.41) is 6.06. The Kier molecular flexibility index (Phi) is 5.87. The summed E-state index contributed by atoms with van der Waals surface area (Å²) in [6.07, 6.45) is 2.88. The molecule has 3 heterocycles. The molecular weight excluding hydrogens is 452 g/mol. The van der Waals surface area contributed by atoms with Gasteiger partial charge in [0.15, 0.2) is 5.11 Å². The van der Waals surface area contributed by atoms with E-state index in [9.17, 15) is 8.42 Å². The molecule has 1 saturated heterocycles. The Morgan fingerprint density at radius 3 is 2.68 bits per heavy atom. The van der Waals surface area contributed by atoms with Crippen LogP contribution in [0.3, 0.4) is 0 Å². The van der Waals surface area contributed by atoms with Crippen LogP contribution < -0.4 is 19.7 Å². The smallest absolute Gasteiger partial charge is 0.229 e. The van der Waals surface area contributed by atoms with Gasteiger partial charge in [0.25, 0.3) is 0 Å². The number of sulfonamides is 1. The molecule has 1 fully saturated rings. The van der Waals surface area contributed by atoms with Crippen molar-refractivity contribution in [1.82, 2.24) is 10.3 Å². The zero-order valence-corrected chi connectivity index (χ0v) is 19.6. The van der Waals surface area contributed by atoms with E-state index in [0.29, 0.717) is 16.5 Å². The number of hydrogen-bond donors (Lipinski definition) is 2. The van der Waals surface area contributed by atoms with Crippen LogP contribution in [-0.2, 0) is 10.0 Å². The topological polar surface area (TPSA) is 83.6 Å². The van der Waals surface area contributed by atoms with Crippen LogP contribution in [0.1, 0.15) is 28.2 Å². The summed E-state index contributed by atoms with van der Waals surface area (Å²) in [6, 6.07) is 13.0. The number of thiocarbonyl (C=S) groups is 1. The SMILES string of the molecule is COc1cc(N2C(=S)NC(c3ccccn3)C2c2sccc2C)ccc1NS(C)(=O)=O. The van der Waals surface area contributed by atoms with Gasteiger partial charge in [0.2, 0.25) is 10.0 Å². The summed E-state index contributed by atoms with van der Waals surface area (Å²) in [5.41, 5.74) is 3.24. The minimum absolute atomic E-state index is 0.110. The first kappa shape index (κ1) is 21.5. The number of aryl methyl sites for hydroxylation is 1. The Morgan fingerprint density at radius 2 is 2.06 bits per heavy atom. The number of methoxy groups -OCH3 is 1. The molecule has 10 heteroatoms. The van der Waals surface area contributed by atoms with Crippen LogP contribution in [0.15, 0.2) is 54.0 Å². The number of aromatic nitrogens is 1. The van der Waals surface area contributed by atoms with Gasteiger partial charge in [-0.1, -0.05) is 6.07 Å². The van der Waals surface area contributed by atoms with Crippen molar-refractivity contribution in [3.05, 3.63) is 70.2 Å². The Labute approximate surface area is 191 Å². The molecule has 0 aliphatic carbocycles. The Morgan fingerprint density at radius 1 is 1.26 bits per heavy atom. The molecule has 0 spiro atoms. The van der Waals surface area contributed by atoms with E-state index in [1.807, 2.05) is 29.2 Å². The monoisotopic (exact) mass is 474 g/mol. The first-order valence-electron chi connectivity index (χ1n) is 9.49. The predicted molar refractivity (Wildman–Crippen MR) is 128 cm³/mol. The van der Waals surface area contributed by atoms with E-state index in [4.69, 9.17) is 17.0 Å². The van der Waals surface area contributed by atoms with Gasteiger partial charge < -0.3 is 15.0 Å². The second kappa shape index (κ2) is 8.45. The number of benzene rings is 1. The summed E-state index contributed by atoms with van der Waals surface area (Å²) in [5.74, 6) is 0.411. The fourth-order valence-corrected chi connectivity index (χ4v) is 5.67. The molecule has 7 nitrogen and oxygen atoms in total. The second-order valence-electron chi connectivity index (χ2n) is 7.22. The van der Waals surface area contributed by atoms with E-state index in [0.717, 1.165) is 17.6 Å². The van der Waals surface area contributed by atoms with E-state index >= 15 is 0 Å². The van der Waals surface area contributed by atoms with E-state index < -0.39 is 10.0 Å². The van der Waals surface area contributed by atoms with Crippen LogP contribution in [0.2, 0.25) is 0 Å². The van der Waals surface area contributed by atoms with Gasteiger partial charge in [-0.05, 0) is 60.4 Å². The molecular formula is C21H22N4O3S3. The van der Waals surface area contributed by atoms with Crippen molar-refractivity contribution in [2.45, 2.75) is 19.0 Å². The standard InChI is InChI=1S/C21H22N4O3S3/c1-13-9-11-30-20(13)19-18(16-6-4-5-10-22-16)23-21(29)25(19)14-7-8-15(17(12-14)28-2)24-31(3,26)27/h4-12,18-19,24H,1-3H3,(H,23,29). The van der Waals surface area contributed by atoms with Gasteiger partial charge in [-0.25, -0.2) is 8.42 Å². The number of thiophene rings is 1. The molecule has 2 aromatic heterocycles. The third-order valence-electron chi connectivity index (χ3n) is 5.03. The number of ether oxygens (including phenoxy) is 1. The third kappa shape index (κ3) is 4.36. The number of anilines is 2. The van der Waals surface area contributed by atoms with Crippen LogP contribution in [0.5, 0.6) is 5.75 Å². The lowest BCUT2D eigenvalue weighted by molar-refractivity contribution is 0.417. The van der Waals surface area contributed by atoms with Gasteiger partial charge in [-0.2, -0.15) is 0 Å². The highest BCUT2D eigenvalue weighted by atomic mass is 32.2. The lowest BCUT2D eigenvalue weighted by atomic mass is 10.0. The Hall–Kier alpha value is -2.69. The lowest BCUT2D eigenvalue weighted by Crippen LogP contribution is -2.29. The first-order chi connectivity index (χ1) is 14.8. The minimum Gasteiger partial charge on any atom is -0.494 e. The molecule has 31 heavy (non-hydrogen) atoms. The molecule has 0 amide bonds. The predicted octanol–water partition coefficient (Wildman–Crippen LogP) is 4.01. The van der Waals surface area contributed by atoms with Crippen LogP contribution in [0, 0.1) is 6.92 Å². The zero-order chi connectivity index (χ0) is 22.2. The van der Waals surface area contributed by atoms with Crippen LogP contribution in [0.4, 0.5) is 11.4 Å². The summed E-state index contributed by atoms with van der Waals surface area (Å²) in [6.45, 7) is 2.08. The van der Waals surface area contributed by atoms with E-state index in [1.54, 1.807) is 29.7 Å². The van der Waals surface area contributed by atoms with Crippen molar-refractivity contribution < 1.29 is 13.2 Å². The van der Waals surface area contributed by atoms with Crippen molar-refractivity contribution in [2.24, 2.45) is 0 Å². The van der Waals surface area contributed by atoms with Gasteiger partial charge in [-0.3, -0.25) is 9.71 Å². The van der Waals surface area contributed by atoms with Gasteiger partial charge in [0.1, 0.15) is 5.75 Å². The van der Waals surface area contributed by atoms with Crippen LogP contribution in [-0.4, -0.2) is 31.9 Å². The summed E-state index contributed by atoms with van der Waals surface area (Å²) >= 11 is 7.41. The molecule has 1 aliphatic heterocycles. The van der Waals surface area contributed by atoms with Crippen LogP contribution in [0.25, 0.3) is 0 Å². The van der Waals surface area contributed by atoms with Gasteiger partial charge in [0, 0.05) is 22.8 Å². The van der Waals surface area contributed by atoms with Crippen molar-refractivity contribution in [2.75, 3.05) is 23.0 Å². The lowest BCUT2D eigenvalue weighted by Gasteiger charge is -2.28. The Bertz CT molecular complexity index is 1210. The highest BCUT2D eigenvalue weighted by Crippen LogP contribution is 2.45. The fraction of sp³-hybridized carbons (Fsp3) is 0.238. The number of hydrogen-bond acceptors (Lipinski definition) is 6. The summed E-state index contributed by atoms with van der Waals surface area (Å²) in [7, 11) is -1.93. The van der Waals surface area contributed by atoms with Crippen molar-refractivity contribution in [3.8, 4) is 5.75 Å². The van der Waals surface area contributed by atoms with E-state index in [-0.39, 0.29) is 12.1 Å². The molecule has 3 aromatic rings. The van der Waals surface area contributed by atoms with Gasteiger partial charge >= 0.3 is 0 Å². The molecule has 162 valence electrons. The zero-order valence-electron chi connectivity index (χ0n) is 17.2. The molecule has 0 bridgehead atoms. The summed E-state index contributed by atoms with van der Waals surface area (Å²) < 4.78 is 31.3. The average Bonchev–Trinajstić information content (AvgIpc) is 3.30. The molecule has 1 aromatic carbocycles. The first-order valence-corrected chi connectivity index (χ1v) is 12.7. The Balaban J connectivity index is 1.81.